The topological polar surface area (TPSA) is 122 Å². The zero-order valence-corrected chi connectivity index (χ0v) is 23.9. The third-order valence-electron chi connectivity index (χ3n) is 6.66. The highest BCUT2D eigenvalue weighted by molar-refractivity contribution is 7.07. The van der Waals surface area contributed by atoms with Gasteiger partial charge in [0.15, 0.2) is 16.3 Å². The Labute approximate surface area is 244 Å². The maximum atomic E-state index is 13.6. The molecular formula is C31H27N3O7S. The fourth-order valence-corrected chi connectivity index (χ4v) is 5.69. The summed E-state index contributed by atoms with van der Waals surface area (Å²) in [6.45, 7) is 3.82. The molecule has 2 heterocycles. The van der Waals surface area contributed by atoms with Crippen LogP contribution in [0.4, 0.5) is 5.69 Å². The number of aromatic nitrogens is 1. The number of hydrogen-bond donors (Lipinski definition) is 0. The molecule has 1 aliphatic heterocycles. The predicted octanol–water partition coefficient (Wildman–Crippen LogP) is 4.40. The Hall–Kier alpha value is -5.03. The minimum absolute atomic E-state index is 0.120. The summed E-state index contributed by atoms with van der Waals surface area (Å²) in [7, 11) is 1.55. The molecule has 0 unspecified atom stereocenters. The highest BCUT2D eigenvalue weighted by Crippen LogP contribution is 2.34. The molecule has 0 amide bonds. The molecule has 0 aliphatic carbocycles. The van der Waals surface area contributed by atoms with Crippen LogP contribution in [-0.2, 0) is 16.1 Å². The van der Waals surface area contributed by atoms with Crippen LogP contribution in [0.3, 0.4) is 0 Å². The van der Waals surface area contributed by atoms with E-state index in [4.69, 9.17) is 19.2 Å². The van der Waals surface area contributed by atoms with Gasteiger partial charge in [-0.3, -0.25) is 19.5 Å². The van der Waals surface area contributed by atoms with Crippen LogP contribution in [0.2, 0.25) is 0 Å². The van der Waals surface area contributed by atoms with Crippen molar-refractivity contribution in [2.75, 3.05) is 13.7 Å². The normalized spacial score (nSPS) is 14.6. The molecule has 0 N–H and O–H groups in total. The van der Waals surface area contributed by atoms with Gasteiger partial charge in [-0.15, -0.1) is 0 Å². The lowest BCUT2D eigenvalue weighted by Gasteiger charge is -2.22. The van der Waals surface area contributed by atoms with E-state index in [-0.39, 0.29) is 23.4 Å². The fourth-order valence-electron chi connectivity index (χ4n) is 4.65. The van der Waals surface area contributed by atoms with E-state index in [1.165, 1.54) is 22.8 Å². The number of esters is 1. The lowest BCUT2D eigenvalue weighted by molar-refractivity contribution is -0.384. The average molecular weight is 586 g/mol. The molecule has 5 rings (SSSR count). The second-order valence-corrected chi connectivity index (χ2v) is 10.3. The summed E-state index contributed by atoms with van der Waals surface area (Å²) in [4.78, 5) is 42.6. The van der Waals surface area contributed by atoms with Crippen molar-refractivity contribution in [3.8, 4) is 11.5 Å². The number of hydrogen-bond acceptors (Lipinski definition) is 9. The van der Waals surface area contributed by atoms with E-state index in [1.54, 1.807) is 45.2 Å². The standard InChI is InChI=1S/C31H27N3O7S/c1-4-40-30(36)27-19(2)33-29(35)26(42-31(33)32-28(27)22-11-8-12-23(17-22)34(37)38)16-21-13-14-24(25(15-21)39-3)41-18-20-9-6-5-7-10-20/h5-17,28H,4,18H2,1-3H3/b26-16-/t28-/m0/s1. The van der Waals surface area contributed by atoms with Gasteiger partial charge in [0.25, 0.3) is 11.2 Å². The maximum absolute atomic E-state index is 13.6. The van der Waals surface area contributed by atoms with Gasteiger partial charge in [0, 0.05) is 17.8 Å². The van der Waals surface area contributed by atoms with E-state index >= 15 is 0 Å². The van der Waals surface area contributed by atoms with Gasteiger partial charge < -0.3 is 14.2 Å². The lowest BCUT2D eigenvalue weighted by Crippen LogP contribution is -2.35. The van der Waals surface area contributed by atoms with Gasteiger partial charge in [0.2, 0.25) is 0 Å². The number of benzene rings is 3. The molecule has 0 bridgehead atoms. The molecule has 1 aromatic heterocycles. The van der Waals surface area contributed by atoms with Gasteiger partial charge in [-0.2, -0.15) is 0 Å². The number of non-ortho nitro benzene ring substituents is 1. The van der Waals surface area contributed by atoms with Gasteiger partial charge in [-0.05, 0) is 48.7 Å². The number of ether oxygens (including phenoxy) is 3. The number of carbonyl (C=O) groups excluding carboxylic acids is 1. The average Bonchev–Trinajstić information content (AvgIpc) is 3.31. The molecule has 3 aromatic carbocycles. The van der Waals surface area contributed by atoms with Crippen molar-refractivity contribution >= 4 is 34.8 Å². The maximum Gasteiger partial charge on any atom is 0.338 e. The lowest BCUT2D eigenvalue weighted by atomic mass is 9.96. The Kier molecular flexibility index (Phi) is 8.30. The van der Waals surface area contributed by atoms with Gasteiger partial charge in [-0.1, -0.05) is 59.9 Å². The molecule has 42 heavy (non-hydrogen) atoms. The van der Waals surface area contributed by atoms with Crippen molar-refractivity contribution in [1.82, 2.24) is 4.57 Å². The molecule has 0 radical (unpaired) electrons. The molecule has 0 saturated heterocycles. The summed E-state index contributed by atoms with van der Waals surface area (Å²) >= 11 is 1.16. The quantitative estimate of drug-likeness (QED) is 0.162. The van der Waals surface area contributed by atoms with Crippen LogP contribution in [0.5, 0.6) is 11.5 Å². The molecule has 214 valence electrons. The first-order valence-corrected chi connectivity index (χ1v) is 13.9. The molecule has 0 spiro atoms. The number of thiazole rings is 1. The van der Waals surface area contributed by atoms with Gasteiger partial charge in [0.05, 0.1) is 28.7 Å². The zero-order valence-electron chi connectivity index (χ0n) is 23.1. The third-order valence-corrected chi connectivity index (χ3v) is 7.64. The summed E-state index contributed by atoms with van der Waals surface area (Å²) in [5.41, 5.74) is 2.20. The van der Waals surface area contributed by atoms with Gasteiger partial charge >= 0.3 is 5.97 Å². The first kappa shape index (κ1) is 28.5. The predicted molar refractivity (Wildman–Crippen MR) is 158 cm³/mol. The van der Waals surface area contributed by atoms with Crippen molar-refractivity contribution in [3.05, 3.63) is 125 Å². The summed E-state index contributed by atoms with van der Waals surface area (Å²) in [5.74, 6) is 0.436. The van der Waals surface area contributed by atoms with Crippen LogP contribution in [0.25, 0.3) is 11.8 Å². The number of carbonyl (C=O) groups is 1. The molecule has 0 saturated carbocycles. The second kappa shape index (κ2) is 12.2. The number of methoxy groups -OCH3 is 1. The van der Waals surface area contributed by atoms with E-state index in [9.17, 15) is 19.7 Å². The van der Waals surface area contributed by atoms with Crippen LogP contribution in [-0.4, -0.2) is 29.2 Å². The minimum Gasteiger partial charge on any atom is -0.493 e. The van der Waals surface area contributed by atoms with Crippen LogP contribution >= 0.6 is 11.3 Å². The highest BCUT2D eigenvalue weighted by atomic mass is 32.1. The molecule has 1 atom stereocenters. The van der Waals surface area contributed by atoms with Crippen LogP contribution in [0.15, 0.2) is 88.2 Å². The van der Waals surface area contributed by atoms with Gasteiger partial charge in [0.1, 0.15) is 12.6 Å². The summed E-state index contributed by atoms with van der Waals surface area (Å²) < 4.78 is 18.5. The molecule has 4 aromatic rings. The Morgan fingerprint density at radius 2 is 1.88 bits per heavy atom. The number of nitro groups is 1. The first-order valence-electron chi connectivity index (χ1n) is 13.1. The number of nitrogens with zero attached hydrogens (tertiary/aromatic N) is 3. The Morgan fingerprint density at radius 1 is 1.10 bits per heavy atom. The van der Waals surface area contributed by atoms with Gasteiger partial charge in [-0.25, -0.2) is 9.79 Å². The fraction of sp³-hybridized carbons (Fsp3) is 0.194. The van der Waals surface area contributed by atoms with Crippen molar-refractivity contribution in [3.63, 3.8) is 0 Å². The molecule has 11 heteroatoms. The summed E-state index contributed by atoms with van der Waals surface area (Å²) in [6, 6.07) is 20.2. The summed E-state index contributed by atoms with van der Waals surface area (Å²) in [6.07, 6.45) is 1.72. The zero-order chi connectivity index (χ0) is 29.8. The monoisotopic (exact) mass is 585 g/mol. The molecule has 10 nitrogen and oxygen atoms in total. The van der Waals surface area contributed by atoms with Crippen LogP contribution in [0.1, 0.15) is 36.6 Å². The Bertz CT molecular complexity index is 1880. The highest BCUT2D eigenvalue weighted by Gasteiger charge is 2.32. The third kappa shape index (κ3) is 5.72. The van der Waals surface area contributed by atoms with Crippen molar-refractivity contribution < 1.29 is 23.9 Å². The Balaban J connectivity index is 1.57. The smallest absolute Gasteiger partial charge is 0.338 e. The van der Waals surface area contributed by atoms with Crippen molar-refractivity contribution in [2.24, 2.45) is 4.99 Å². The van der Waals surface area contributed by atoms with Crippen molar-refractivity contribution in [2.45, 2.75) is 26.5 Å². The number of rotatable bonds is 9. The van der Waals surface area contributed by atoms with E-state index in [0.717, 1.165) is 16.9 Å². The largest absolute Gasteiger partial charge is 0.493 e. The van der Waals surface area contributed by atoms with E-state index in [0.29, 0.717) is 44.3 Å². The SMILES string of the molecule is CCOC(=O)C1=C(C)n2c(s/c(=C\c3ccc(OCc4ccccc4)c(OC)c3)c2=O)=N[C@H]1c1cccc([N+](=O)[O-])c1. The van der Waals surface area contributed by atoms with E-state index in [1.807, 2.05) is 36.4 Å². The molecule has 1 aliphatic rings. The molecule has 0 fully saturated rings. The van der Waals surface area contributed by atoms with Crippen molar-refractivity contribution in [1.29, 1.82) is 0 Å². The summed E-state index contributed by atoms with van der Waals surface area (Å²) in [5, 5.41) is 11.4. The van der Waals surface area contributed by atoms with E-state index in [2.05, 4.69) is 0 Å². The molecular weight excluding hydrogens is 558 g/mol. The second-order valence-electron chi connectivity index (χ2n) is 9.32. The number of allylic oxidation sites excluding steroid dienone is 1. The van der Waals surface area contributed by atoms with E-state index < -0.39 is 16.9 Å². The van der Waals surface area contributed by atoms with Crippen LogP contribution in [0, 0.1) is 10.1 Å². The first-order chi connectivity index (χ1) is 20.3. The Morgan fingerprint density at radius 3 is 2.60 bits per heavy atom. The number of nitro benzene ring substituents is 1. The number of fused-ring (bicyclic) bond motifs is 1. The minimum atomic E-state index is -0.879. The van der Waals surface area contributed by atoms with Crippen LogP contribution < -0.4 is 24.4 Å².